The summed E-state index contributed by atoms with van der Waals surface area (Å²) < 4.78 is 39.4. The summed E-state index contributed by atoms with van der Waals surface area (Å²) in [6.07, 6.45) is -0.685. The van der Waals surface area contributed by atoms with Gasteiger partial charge in [-0.05, 0) is 44.5 Å². The molecule has 0 amide bonds. The number of nitrogens with one attached hydrogen (secondary N) is 1. The van der Waals surface area contributed by atoms with Crippen LogP contribution in [0.1, 0.15) is 32.2 Å². The SMILES string of the molecule is CCOCc1nc2c(N)nc3ccccc3c2n1C[C@H](C)OP(=O)(N[C@@H](C)C(=O)OCc1ccccc1)Oc1ccccc1. The van der Waals surface area contributed by atoms with Crippen molar-refractivity contribution in [3.63, 3.8) is 0 Å². The fourth-order valence-corrected chi connectivity index (χ4v) is 6.45. The van der Waals surface area contributed by atoms with Gasteiger partial charge >= 0.3 is 13.7 Å². The Kier molecular flexibility index (Phi) is 9.92. The molecule has 5 aromatic rings. The third-order valence-corrected chi connectivity index (χ3v) is 8.57. The van der Waals surface area contributed by atoms with Crippen LogP contribution in [0.15, 0.2) is 84.9 Å². The first-order valence-electron chi connectivity index (χ1n) is 14.4. The molecule has 0 bridgehead atoms. The molecule has 11 nitrogen and oxygen atoms in total. The second-order valence-electron chi connectivity index (χ2n) is 10.2. The maximum absolute atomic E-state index is 14.3. The van der Waals surface area contributed by atoms with Crippen molar-refractivity contribution in [1.29, 1.82) is 0 Å². The van der Waals surface area contributed by atoms with Crippen molar-refractivity contribution in [1.82, 2.24) is 19.6 Å². The Morgan fingerprint density at radius 2 is 1.64 bits per heavy atom. The summed E-state index contributed by atoms with van der Waals surface area (Å²) in [5, 5.41) is 3.63. The number of benzene rings is 3. The van der Waals surface area contributed by atoms with E-state index in [1.165, 1.54) is 0 Å². The van der Waals surface area contributed by atoms with Crippen LogP contribution in [0.3, 0.4) is 0 Å². The fourth-order valence-electron chi connectivity index (χ4n) is 4.77. The van der Waals surface area contributed by atoms with E-state index in [0.29, 0.717) is 29.5 Å². The highest BCUT2D eigenvalue weighted by atomic mass is 31.2. The minimum Gasteiger partial charge on any atom is -0.460 e. The van der Waals surface area contributed by atoms with E-state index in [9.17, 15) is 9.36 Å². The van der Waals surface area contributed by atoms with Crippen molar-refractivity contribution in [3.8, 4) is 5.75 Å². The van der Waals surface area contributed by atoms with Gasteiger partial charge in [0.1, 0.15) is 36.3 Å². The summed E-state index contributed by atoms with van der Waals surface area (Å²) >= 11 is 0. The van der Waals surface area contributed by atoms with Gasteiger partial charge in [0.25, 0.3) is 0 Å². The highest BCUT2D eigenvalue weighted by Gasteiger charge is 2.34. The third kappa shape index (κ3) is 7.43. The molecule has 2 heterocycles. The molecule has 0 aliphatic carbocycles. The lowest BCUT2D eigenvalue weighted by atomic mass is 10.2. The van der Waals surface area contributed by atoms with Crippen LogP contribution in [-0.2, 0) is 43.1 Å². The van der Waals surface area contributed by atoms with E-state index >= 15 is 0 Å². The molecule has 230 valence electrons. The molecule has 12 heteroatoms. The molecule has 44 heavy (non-hydrogen) atoms. The number of nitrogen functional groups attached to an aromatic ring is 1. The number of ether oxygens (including phenoxy) is 2. The number of imidazole rings is 1. The second-order valence-corrected chi connectivity index (χ2v) is 11.9. The molecule has 1 unspecified atom stereocenters. The molecule has 3 N–H and O–H groups in total. The van der Waals surface area contributed by atoms with Gasteiger partial charge in [-0.1, -0.05) is 66.7 Å². The van der Waals surface area contributed by atoms with Gasteiger partial charge in [-0.3, -0.25) is 9.32 Å². The number of carbonyl (C=O) groups is 1. The number of esters is 1. The van der Waals surface area contributed by atoms with Crippen LogP contribution in [0.4, 0.5) is 5.82 Å². The molecule has 0 radical (unpaired) electrons. The van der Waals surface area contributed by atoms with Crippen LogP contribution in [0.5, 0.6) is 5.75 Å². The van der Waals surface area contributed by atoms with E-state index in [1.807, 2.05) is 72.2 Å². The zero-order valence-corrected chi connectivity index (χ0v) is 25.8. The number of rotatable bonds is 14. The molecule has 0 saturated carbocycles. The van der Waals surface area contributed by atoms with Gasteiger partial charge in [0.05, 0.1) is 23.7 Å². The number of anilines is 1. The van der Waals surface area contributed by atoms with Gasteiger partial charge < -0.3 is 24.3 Å². The first kappa shape index (κ1) is 31.2. The quantitative estimate of drug-likeness (QED) is 0.112. The molecule has 0 fully saturated rings. The Morgan fingerprint density at radius 1 is 0.955 bits per heavy atom. The number of carbonyl (C=O) groups excluding carboxylic acids is 1. The van der Waals surface area contributed by atoms with Gasteiger partial charge in [-0.25, -0.2) is 14.5 Å². The number of pyridine rings is 1. The van der Waals surface area contributed by atoms with Crippen molar-refractivity contribution < 1.29 is 27.9 Å². The lowest BCUT2D eigenvalue weighted by Crippen LogP contribution is -2.36. The monoisotopic (exact) mass is 617 g/mol. The number of hydrogen-bond acceptors (Lipinski definition) is 9. The smallest absolute Gasteiger partial charge is 0.459 e. The summed E-state index contributed by atoms with van der Waals surface area (Å²) in [4.78, 5) is 22.1. The number of nitrogens with two attached hydrogens (primary N) is 1. The van der Waals surface area contributed by atoms with E-state index in [4.69, 9.17) is 29.2 Å². The van der Waals surface area contributed by atoms with E-state index in [0.717, 1.165) is 22.0 Å². The van der Waals surface area contributed by atoms with E-state index < -0.39 is 25.9 Å². The van der Waals surface area contributed by atoms with Crippen molar-refractivity contribution >= 4 is 41.5 Å². The maximum Gasteiger partial charge on any atom is 0.459 e. The molecular formula is C32H36N5O6P. The molecule has 5 rings (SSSR count). The number of nitrogens with zero attached hydrogens (tertiary/aromatic N) is 3. The highest BCUT2D eigenvalue weighted by molar-refractivity contribution is 7.52. The molecule has 0 saturated heterocycles. The minimum atomic E-state index is -4.13. The average Bonchev–Trinajstić information content (AvgIpc) is 3.38. The van der Waals surface area contributed by atoms with Gasteiger partial charge in [-0.15, -0.1) is 0 Å². The van der Waals surface area contributed by atoms with Crippen LogP contribution >= 0.6 is 7.75 Å². The van der Waals surface area contributed by atoms with Gasteiger partial charge in [0.15, 0.2) is 5.82 Å². The van der Waals surface area contributed by atoms with Crippen molar-refractivity contribution in [2.75, 3.05) is 12.3 Å². The Bertz CT molecular complexity index is 1770. The number of hydrogen-bond donors (Lipinski definition) is 2. The second kappa shape index (κ2) is 14.0. The molecular weight excluding hydrogens is 581 g/mol. The fraction of sp³-hybridized carbons (Fsp3) is 0.281. The van der Waals surface area contributed by atoms with Crippen LogP contribution in [0, 0.1) is 0 Å². The molecule has 0 spiro atoms. The first-order chi connectivity index (χ1) is 21.3. The van der Waals surface area contributed by atoms with Crippen LogP contribution in [-0.4, -0.2) is 39.3 Å². The van der Waals surface area contributed by atoms with E-state index in [2.05, 4.69) is 10.1 Å². The molecule has 2 aromatic heterocycles. The number of para-hydroxylation sites is 2. The summed E-state index contributed by atoms with van der Waals surface area (Å²) in [6, 6.07) is 24.6. The summed E-state index contributed by atoms with van der Waals surface area (Å²) in [5.74, 6) is 0.629. The highest BCUT2D eigenvalue weighted by Crippen LogP contribution is 2.46. The summed E-state index contributed by atoms with van der Waals surface area (Å²) in [6.45, 7) is 6.24. The third-order valence-electron chi connectivity index (χ3n) is 6.78. The number of aromatic nitrogens is 3. The maximum atomic E-state index is 14.3. The zero-order chi connectivity index (χ0) is 31.1. The number of fused-ring (bicyclic) bond motifs is 3. The van der Waals surface area contributed by atoms with E-state index in [1.54, 1.807) is 38.1 Å². The molecule has 0 aliphatic heterocycles. The van der Waals surface area contributed by atoms with Crippen LogP contribution in [0.2, 0.25) is 0 Å². The predicted molar refractivity (Wildman–Crippen MR) is 169 cm³/mol. The van der Waals surface area contributed by atoms with Gasteiger partial charge in [0, 0.05) is 12.0 Å². The average molecular weight is 618 g/mol. The Labute approximate surface area is 255 Å². The lowest BCUT2D eigenvalue weighted by Gasteiger charge is -2.26. The minimum absolute atomic E-state index is 0.0784. The van der Waals surface area contributed by atoms with Crippen LogP contribution in [0.25, 0.3) is 21.9 Å². The van der Waals surface area contributed by atoms with Crippen molar-refractivity contribution in [2.45, 2.75) is 52.7 Å². The topological polar surface area (TPSA) is 140 Å². The summed E-state index contributed by atoms with van der Waals surface area (Å²) in [7, 11) is -4.13. The molecule has 3 atom stereocenters. The molecule has 3 aromatic carbocycles. The van der Waals surface area contributed by atoms with Crippen LogP contribution < -0.4 is 15.3 Å². The standard InChI is InChI=1S/C32H36N5O6P/c1-4-40-21-28-35-29-30(26-17-11-12-18-27(26)34-31(29)33)37(28)19-22(2)42-44(39,43-25-15-9-6-10-16-25)36-23(3)32(38)41-20-24-13-7-5-8-14-24/h5-18,22-23H,4,19-21H2,1-3H3,(H2,33,34)(H,36,39)/t22-,23-,44?/m0/s1. The Balaban J connectivity index is 1.41. The van der Waals surface area contributed by atoms with Crippen molar-refractivity contribution in [2.24, 2.45) is 0 Å². The normalized spacial score (nSPS) is 14.2. The Morgan fingerprint density at radius 3 is 2.36 bits per heavy atom. The largest absolute Gasteiger partial charge is 0.460 e. The Hall–Kier alpha value is -4.28. The summed E-state index contributed by atoms with van der Waals surface area (Å²) in [5.41, 5.74) is 9.18. The zero-order valence-electron chi connectivity index (χ0n) is 24.9. The van der Waals surface area contributed by atoms with E-state index in [-0.39, 0.29) is 19.8 Å². The molecule has 0 aliphatic rings. The first-order valence-corrected chi connectivity index (χ1v) is 15.9. The van der Waals surface area contributed by atoms with Gasteiger partial charge in [-0.2, -0.15) is 5.09 Å². The lowest BCUT2D eigenvalue weighted by molar-refractivity contribution is -0.146. The van der Waals surface area contributed by atoms with Gasteiger partial charge in [0.2, 0.25) is 0 Å². The predicted octanol–water partition coefficient (Wildman–Crippen LogP) is 6.02. The van der Waals surface area contributed by atoms with Crippen molar-refractivity contribution in [3.05, 3.63) is 96.3 Å².